The van der Waals surface area contributed by atoms with Crippen molar-refractivity contribution >= 4 is 74.6 Å². The van der Waals surface area contributed by atoms with Gasteiger partial charge in [0.05, 0.1) is 68.7 Å². The predicted molar refractivity (Wildman–Crippen MR) is 275 cm³/mol. The van der Waals surface area contributed by atoms with Gasteiger partial charge in [-0.3, -0.25) is 19.2 Å². The quantitative estimate of drug-likeness (QED) is 0.0237. The summed E-state index contributed by atoms with van der Waals surface area (Å²) in [5.74, 6) is -1.79. The number of pyridine rings is 2. The number of esters is 2. The standard InChI is InChI=1S/C53H54N10O12/c1-2-53(39-28-42-47-33(26-32-8-3-6-13-40(32)58-47)30-63(42)48(69)38(39)31-74-49(53)70)75-46(68)29-56-45(67)17-16-44(66)54-18-20-71-22-24-73-25-23-72-21-19-55-50-60-51(57-34-9-7-10-35(64)27-34)62-52(61-50)59-41-14-15-43(65)37-12-5-4-11-36(37)41/h3-15,26-28,64-65H,2,16-25,29-31H2,1H3,(H,54,66)(H,56,67)(H3,55,57,59,60,61,62)/t53-/m0/s1. The lowest BCUT2D eigenvalue weighted by atomic mass is 9.85. The van der Waals surface area contributed by atoms with Gasteiger partial charge in [-0.2, -0.15) is 15.0 Å². The van der Waals surface area contributed by atoms with Crippen LogP contribution in [0.3, 0.4) is 0 Å². The van der Waals surface area contributed by atoms with Crippen LogP contribution in [0.15, 0.2) is 102 Å². The number of hydrogen-bond acceptors (Lipinski definition) is 19. The molecule has 1 atom stereocenters. The number of aromatic nitrogens is 5. The molecule has 3 aromatic heterocycles. The van der Waals surface area contributed by atoms with Crippen LogP contribution in [0, 0.1) is 0 Å². The number of anilines is 5. The Morgan fingerprint density at radius 1 is 0.720 bits per heavy atom. The van der Waals surface area contributed by atoms with Crippen molar-refractivity contribution in [2.24, 2.45) is 0 Å². The lowest BCUT2D eigenvalue weighted by molar-refractivity contribution is -0.189. The van der Waals surface area contributed by atoms with Crippen molar-refractivity contribution in [1.29, 1.82) is 0 Å². The highest BCUT2D eigenvalue weighted by Crippen LogP contribution is 2.41. The Labute approximate surface area is 428 Å². The number of phenols is 2. The molecule has 7 N–H and O–H groups in total. The van der Waals surface area contributed by atoms with E-state index in [2.05, 4.69) is 41.5 Å². The van der Waals surface area contributed by atoms with Crippen molar-refractivity contribution in [3.63, 3.8) is 0 Å². The Morgan fingerprint density at radius 3 is 2.19 bits per heavy atom. The summed E-state index contributed by atoms with van der Waals surface area (Å²) in [5.41, 5.74) is 2.05. The molecule has 22 nitrogen and oxygen atoms in total. The van der Waals surface area contributed by atoms with E-state index in [1.54, 1.807) is 47.9 Å². The Morgan fingerprint density at radius 2 is 1.41 bits per heavy atom. The number of amides is 2. The number of fused-ring (bicyclic) bond motifs is 6. The Kier molecular flexibility index (Phi) is 16.0. The highest BCUT2D eigenvalue weighted by atomic mass is 16.6. The first-order valence-corrected chi connectivity index (χ1v) is 24.3. The first-order chi connectivity index (χ1) is 36.5. The molecule has 22 heteroatoms. The molecule has 0 fully saturated rings. The van der Waals surface area contributed by atoms with Gasteiger partial charge in [-0.1, -0.05) is 55.5 Å². The molecule has 2 aliphatic heterocycles. The minimum Gasteiger partial charge on any atom is -0.508 e. The summed E-state index contributed by atoms with van der Waals surface area (Å²) >= 11 is 0. The summed E-state index contributed by atoms with van der Waals surface area (Å²) in [5, 5.41) is 37.2. The van der Waals surface area contributed by atoms with Crippen LogP contribution in [0.25, 0.3) is 33.1 Å². The molecule has 5 heterocycles. The van der Waals surface area contributed by atoms with Crippen LogP contribution in [-0.4, -0.2) is 118 Å². The van der Waals surface area contributed by atoms with E-state index in [1.165, 1.54) is 6.07 Å². The number of benzene rings is 4. The molecule has 0 saturated carbocycles. The van der Waals surface area contributed by atoms with Gasteiger partial charge in [0, 0.05) is 70.7 Å². The minimum atomic E-state index is -1.93. The van der Waals surface area contributed by atoms with Crippen LogP contribution in [0.4, 0.5) is 29.2 Å². The van der Waals surface area contributed by atoms with E-state index in [4.69, 9.17) is 28.7 Å². The molecule has 0 saturated heterocycles. The largest absolute Gasteiger partial charge is 0.508 e. The molecule has 0 bridgehead atoms. The van der Waals surface area contributed by atoms with E-state index >= 15 is 0 Å². The van der Waals surface area contributed by atoms with Gasteiger partial charge < -0.3 is 65.0 Å². The van der Waals surface area contributed by atoms with Gasteiger partial charge in [-0.25, -0.2) is 9.78 Å². The summed E-state index contributed by atoms with van der Waals surface area (Å²) in [7, 11) is 0. The first-order valence-electron chi connectivity index (χ1n) is 24.3. The molecule has 2 amide bonds. The molecular formula is C53H54N10O12. The molecule has 388 valence electrons. The number of phenolic OH excluding ortho intramolecular Hbond substituents is 2. The summed E-state index contributed by atoms with van der Waals surface area (Å²) in [6.07, 6.45) is -0.399. The fourth-order valence-electron chi connectivity index (χ4n) is 8.72. The number of aromatic hydroxyl groups is 2. The van der Waals surface area contributed by atoms with Crippen molar-refractivity contribution < 1.29 is 53.1 Å². The smallest absolute Gasteiger partial charge is 0.355 e. The van der Waals surface area contributed by atoms with Crippen LogP contribution >= 0.6 is 0 Å². The summed E-state index contributed by atoms with van der Waals surface area (Å²) in [6, 6.07) is 28.5. The third-order valence-corrected chi connectivity index (χ3v) is 12.4. The van der Waals surface area contributed by atoms with E-state index in [9.17, 15) is 34.2 Å². The number of ether oxygens (including phenoxy) is 5. The summed E-state index contributed by atoms with van der Waals surface area (Å²) < 4.78 is 29.6. The maximum Gasteiger partial charge on any atom is 0.355 e. The van der Waals surface area contributed by atoms with Gasteiger partial charge in [0.1, 0.15) is 24.7 Å². The van der Waals surface area contributed by atoms with Crippen molar-refractivity contribution in [2.45, 2.75) is 44.9 Å². The van der Waals surface area contributed by atoms with Gasteiger partial charge in [-0.15, -0.1) is 0 Å². The Bertz CT molecular complexity index is 3340. The molecule has 75 heavy (non-hydrogen) atoms. The van der Waals surface area contributed by atoms with Crippen LogP contribution in [0.1, 0.15) is 42.9 Å². The predicted octanol–water partition coefficient (Wildman–Crippen LogP) is 5.04. The number of nitrogens with zero attached hydrogens (tertiary/aromatic N) is 5. The average Bonchev–Trinajstić information content (AvgIpc) is 3.78. The molecule has 4 aromatic carbocycles. The Hall–Kier alpha value is -8.73. The number of cyclic esters (lactones) is 1. The molecule has 0 aliphatic carbocycles. The molecule has 0 spiro atoms. The highest BCUT2D eigenvalue weighted by Gasteiger charge is 2.50. The van der Waals surface area contributed by atoms with Gasteiger partial charge in [-0.05, 0) is 48.9 Å². The number of carbonyl (C=O) groups excluding carboxylic acids is 4. The third kappa shape index (κ3) is 12.0. The molecular weight excluding hydrogens is 969 g/mol. The van der Waals surface area contributed by atoms with E-state index in [0.29, 0.717) is 61.1 Å². The fourth-order valence-corrected chi connectivity index (χ4v) is 8.72. The van der Waals surface area contributed by atoms with Crippen LogP contribution < -0.4 is 32.1 Å². The van der Waals surface area contributed by atoms with Crippen molar-refractivity contribution in [1.82, 2.24) is 35.1 Å². The number of hydrogen-bond donors (Lipinski definition) is 7. The minimum absolute atomic E-state index is 0.0367. The van der Waals surface area contributed by atoms with Crippen molar-refractivity contribution in [3.8, 4) is 22.9 Å². The summed E-state index contributed by atoms with van der Waals surface area (Å²) in [4.78, 5) is 83.7. The Balaban J connectivity index is 0.641. The fraction of sp³-hybridized carbons (Fsp3) is 0.302. The first kappa shape index (κ1) is 51.2. The van der Waals surface area contributed by atoms with Crippen LogP contribution in [-0.2, 0) is 61.6 Å². The monoisotopic (exact) mass is 1020 g/mol. The van der Waals surface area contributed by atoms with Crippen LogP contribution in [0.5, 0.6) is 11.5 Å². The molecule has 0 unspecified atom stereocenters. The number of rotatable bonds is 24. The number of para-hydroxylation sites is 1. The van der Waals surface area contributed by atoms with Gasteiger partial charge in [0.25, 0.3) is 5.56 Å². The average molecular weight is 1020 g/mol. The number of nitrogens with one attached hydrogen (secondary N) is 5. The second kappa shape index (κ2) is 23.4. The third-order valence-electron chi connectivity index (χ3n) is 12.4. The van der Waals surface area contributed by atoms with Crippen molar-refractivity contribution in [2.75, 3.05) is 75.2 Å². The SMILES string of the molecule is CC[C@@]1(OC(=O)CNC(=O)CCC(=O)NCCOCCOCCOCCNc2nc(Nc3cccc(O)c3)nc(Nc3ccc(O)c4ccccc34)n2)C(=O)OCc2c1cc1n(c2=O)Cc2cc3ccccc3nc2-1. The van der Waals surface area contributed by atoms with Gasteiger partial charge >= 0.3 is 11.9 Å². The molecule has 9 rings (SSSR count). The molecule has 7 aromatic rings. The molecule has 2 aliphatic rings. The zero-order valence-corrected chi connectivity index (χ0v) is 40.9. The van der Waals surface area contributed by atoms with Crippen LogP contribution in [0.2, 0.25) is 0 Å². The lowest BCUT2D eigenvalue weighted by Gasteiger charge is -2.35. The second-order valence-corrected chi connectivity index (χ2v) is 17.4. The molecule has 0 radical (unpaired) electrons. The number of carbonyl (C=O) groups is 4. The van der Waals surface area contributed by atoms with E-state index in [0.717, 1.165) is 21.9 Å². The zero-order valence-electron chi connectivity index (χ0n) is 40.9. The van der Waals surface area contributed by atoms with Crippen molar-refractivity contribution in [3.05, 3.63) is 124 Å². The zero-order chi connectivity index (χ0) is 52.3. The highest BCUT2D eigenvalue weighted by molar-refractivity contribution is 5.98. The second-order valence-electron chi connectivity index (χ2n) is 17.4. The maximum atomic E-state index is 13.8. The topological polar surface area (TPSA) is 289 Å². The van der Waals surface area contributed by atoms with E-state index in [1.807, 2.05) is 54.6 Å². The van der Waals surface area contributed by atoms with E-state index < -0.39 is 35.9 Å². The van der Waals surface area contributed by atoms with Gasteiger partial charge in [0.2, 0.25) is 35.3 Å². The van der Waals surface area contributed by atoms with E-state index in [-0.39, 0.29) is 98.2 Å². The van der Waals surface area contributed by atoms with Gasteiger partial charge in [0.15, 0.2) is 0 Å². The normalized spacial score (nSPS) is 14.3. The lowest BCUT2D eigenvalue weighted by Crippen LogP contribution is -2.48. The summed E-state index contributed by atoms with van der Waals surface area (Å²) in [6.45, 7) is 3.33. The maximum absolute atomic E-state index is 13.8.